The summed E-state index contributed by atoms with van der Waals surface area (Å²) in [6.07, 6.45) is 2.03. The summed E-state index contributed by atoms with van der Waals surface area (Å²) >= 11 is 6.12. The Morgan fingerprint density at radius 3 is 2.59 bits per heavy atom. The average Bonchev–Trinajstić information content (AvgIpc) is 3.10. The van der Waals surface area contributed by atoms with E-state index in [9.17, 15) is 4.79 Å². The van der Waals surface area contributed by atoms with Crippen LogP contribution in [0.25, 0.3) is 0 Å². The SMILES string of the molecule is CC(=O)N1CCc2cc(CCN3CCN(c4cccc(Cl)c4)CC3)ccc21. The van der Waals surface area contributed by atoms with Crippen molar-refractivity contribution in [3.05, 3.63) is 58.6 Å². The number of nitrogens with zero attached hydrogens (tertiary/aromatic N) is 3. The van der Waals surface area contributed by atoms with Gasteiger partial charge in [0.15, 0.2) is 0 Å². The number of carbonyl (C=O) groups is 1. The molecule has 0 saturated carbocycles. The normalized spacial score (nSPS) is 17.3. The first-order valence-electron chi connectivity index (χ1n) is 9.73. The third-order valence-corrected chi connectivity index (χ3v) is 5.92. The number of fused-ring (bicyclic) bond motifs is 1. The molecule has 142 valence electrons. The Morgan fingerprint density at radius 1 is 1.04 bits per heavy atom. The van der Waals surface area contributed by atoms with Gasteiger partial charge in [-0.2, -0.15) is 0 Å². The van der Waals surface area contributed by atoms with Gasteiger partial charge in [-0.3, -0.25) is 9.69 Å². The standard InChI is InChI=1S/C22H26ClN3O/c1-17(27)26-10-8-19-15-18(5-6-22(19)26)7-9-24-11-13-25(14-12-24)21-4-2-3-20(23)16-21/h2-6,15-16H,7-14H2,1H3. The van der Waals surface area contributed by atoms with Crippen molar-refractivity contribution in [2.45, 2.75) is 19.8 Å². The van der Waals surface area contributed by atoms with E-state index < -0.39 is 0 Å². The number of rotatable bonds is 4. The maximum Gasteiger partial charge on any atom is 0.223 e. The second-order valence-electron chi connectivity index (χ2n) is 7.44. The van der Waals surface area contributed by atoms with Crippen LogP contribution in [-0.2, 0) is 17.6 Å². The van der Waals surface area contributed by atoms with Crippen LogP contribution in [0.4, 0.5) is 11.4 Å². The van der Waals surface area contributed by atoms with Crippen LogP contribution in [0.1, 0.15) is 18.1 Å². The second kappa shape index (κ2) is 7.91. The van der Waals surface area contributed by atoms with Gasteiger partial charge in [-0.15, -0.1) is 0 Å². The van der Waals surface area contributed by atoms with Gasteiger partial charge < -0.3 is 9.80 Å². The lowest BCUT2D eigenvalue weighted by molar-refractivity contribution is -0.116. The molecule has 4 rings (SSSR count). The molecule has 2 aliphatic heterocycles. The molecule has 2 aliphatic rings. The molecule has 2 aromatic rings. The largest absolute Gasteiger partial charge is 0.369 e. The van der Waals surface area contributed by atoms with Gasteiger partial charge in [0.25, 0.3) is 0 Å². The summed E-state index contributed by atoms with van der Waals surface area (Å²) in [5.74, 6) is 0.138. The number of amides is 1. The van der Waals surface area contributed by atoms with Gasteiger partial charge in [-0.1, -0.05) is 29.8 Å². The highest BCUT2D eigenvalue weighted by atomic mass is 35.5. The van der Waals surface area contributed by atoms with Crippen molar-refractivity contribution < 1.29 is 4.79 Å². The molecular weight excluding hydrogens is 358 g/mol. The third-order valence-electron chi connectivity index (χ3n) is 5.68. The molecule has 0 aromatic heterocycles. The van der Waals surface area contributed by atoms with Crippen molar-refractivity contribution in [1.82, 2.24) is 4.90 Å². The molecule has 4 nitrogen and oxygen atoms in total. The Balaban J connectivity index is 1.30. The van der Waals surface area contributed by atoms with E-state index in [1.54, 1.807) is 6.92 Å². The molecule has 0 radical (unpaired) electrons. The minimum Gasteiger partial charge on any atom is -0.369 e. The zero-order chi connectivity index (χ0) is 18.8. The number of carbonyl (C=O) groups excluding carboxylic acids is 1. The summed E-state index contributed by atoms with van der Waals surface area (Å²) in [6, 6.07) is 14.7. The van der Waals surface area contributed by atoms with Crippen LogP contribution in [0.3, 0.4) is 0 Å². The van der Waals surface area contributed by atoms with E-state index in [2.05, 4.69) is 34.1 Å². The van der Waals surface area contributed by atoms with Gasteiger partial charge in [-0.25, -0.2) is 0 Å². The highest BCUT2D eigenvalue weighted by Crippen LogP contribution is 2.29. The van der Waals surface area contributed by atoms with E-state index >= 15 is 0 Å². The lowest BCUT2D eigenvalue weighted by Gasteiger charge is -2.36. The minimum absolute atomic E-state index is 0.138. The minimum atomic E-state index is 0.138. The lowest BCUT2D eigenvalue weighted by Crippen LogP contribution is -2.47. The fraction of sp³-hybridized carbons (Fsp3) is 0.409. The van der Waals surface area contributed by atoms with E-state index in [-0.39, 0.29) is 5.91 Å². The number of hydrogen-bond acceptors (Lipinski definition) is 3. The maximum absolute atomic E-state index is 11.7. The highest BCUT2D eigenvalue weighted by Gasteiger charge is 2.22. The zero-order valence-electron chi connectivity index (χ0n) is 15.8. The Kier molecular flexibility index (Phi) is 5.37. The first-order chi connectivity index (χ1) is 13.1. The van der Waals surface area contributed by atoms with Crippen LogP contribution in [0.5, 0.6) is 0 Å². The van der Waals surface area contributed by atoms with Crippen molar-refractivity contribution in [3.63, 3.8) is 0 Å². The van der Waals surface area contributed by atoms with E-state index in [4.69, 9.17) is 11.6 Å². The quantitative estimate of drug-likeness (QED) is 0.806. The van der Waals surface area contributed by atoms with E-state index in [1.807, 2.05) is 23.1 Å². The molecule has 0 N–H and O–H groups in total. The van der Waals surface area contributed by atoms with E-state index in [1.165, 1.54) is 16.8 Å². The summed E-state index contributed by atoms with van der Waals surface area (Å²) < 4.78 is 0. The number of anilines is 2. The van der Waals surface area contributed by atoms with Crippen LogP contribution >= 0.6 is 11.6 Å². The molecule has 2 heterocycles. The first kappa shape index (κ1) is 18.3. The number of hydrogen-bond donors (Lipinski definition) is 0. The lowest BCUT2D eigenvalue weighted by atomic mass is 10.1. The number of piperazine rings is 1. The highest BCUT2D eigenvalue weighted by molar-refractivity contribution is 6.30. The fourth-order valence-corrected chi connectivity index (χ4v) is 4.31. The molecular formula is C22H26ClN3O. The van der Waals surface area contributed by atoms with Gasteiger partial charge >= 0.3 is 0 Å². The summed E-state index contributed by atoms with van der Waals surface area (Å²) in [6.45, 7) is 7.78. The molecule has 1 saturated heterocycles. The van der Waals surface area contributed by atoms with Crippen molar-refractivity contribution in [2.24, 2.45) is 0 Å². The van der Waals surface area contributed by atoms with Crippen LogP contribution in [0.2, 0.25) is 5.02 Å². The van der Waals surface area contributed by atoms with E-state index in [0.717, 1.165) is 62.8 Å². The zero-order valence-corrected chi connectivity index (χ0v) is 16.6. The Labute approximate surface area is 166 Å². The van der Waals surface area contributed by atoms with Crippen LogP contribution in [-0.4, -0.2) is 50.1 Å². The molecule has 0 spiro atoms. The smallest absolute Gasteiger partial charge is 0.223 e. The Hall–Kier alpha value is -2.04. The van der Waals surface area contributed by atoms with Crippen molar-refractivity contribution in [1.29, 1.82) is 0 Å². The molecule has 1 fully saturated rings. The summed E-state index contributed by atoms with van der Waals surface area (Å²) in [5, 5.41) is 0.801. The van der Waals surface area contributed by atoms with Crippen LogP contribution in [0.15, 0.2) is 42.5 Å². The molecule has 2 aromatic carbocycles. The first-order valence-corrected chi connectivity index (χ1v) is 10.1. The predicted octanol–water partition coefficient (Wildman–Crippen LogP) is 3.61. The average molecular weight is 384 g/mol. The molecule has 0 atom stereocenters. The van der Waals surface area contributed by atoms with Crippen LogP contribution < -0.4 is 9.80 Å². The van der Waals surface area contributed by atoms with Crippen molar-refractivity contribution in [2.75, 3.05) is 49.1 Å². The summed E-state index contributed by atoms with van der Waals surface area (Å²) in [7, 11) is 0. The summed E-state index contributed by atoms with van der Waals surface area (Å²) in [5.41, 5.74) is 5.00. The van der Waals surface area contributed by atoms with E-state index in [0.29, 0.717) is 0 Å². The van der Waals surface area contributed by atoms with Crippen molar-refractivity contribution in [3.8, 4) is 0 Å². The van der Waals surface area contributed by atoms with Gasteiger partial charge in [0.2, 0.25) is 5.91 Å². The molecule has 1 amide bonds. The van der Waals surface area contributed by atoms with Crippen molar-refractivity contribution >= 4 is 28.9 Å². The molecule has 27 heavy (non-hydrogen) atoms. The van der Waals surface area contributed by atoms with Gasteiger partial charge in [0.05, 0.1) is 0 Å². The number of halogens is 1. The Morgan fingerprint density at radius 2 is 1.85 bits per heavy atom. The molecule has 0 aliphatic carbocycles. The topological polar surface area (TPSA) is 26.8 Å². The third kappa shape index (κ3) is 4.12. The Bertz CT molecular complexity index is 830. The molecule has 5 heteroatoms. The van der Waals surface area contributed by atoms with Gasteiger partial charge in [0, 0.05) is 62.6 Å². The fourth-order valence-electron chi connectivity index (χ4n) is 4.13. The monoisotopic (exact) mass is 383 g/mol. The second-order valence-corrected chi connectivity index (χ2v) is 7.88. The predicted molar refractivity (Wildman–Crippen MR) is 112 cm³/mol. The summed E-state index contributed by atoms with van der Waals surface area (Å²) in [4.78, 5) is 18.5. The maximum atomic E-state index is 11.7. The molecule has 0 unspecified atom stereocenters. The van der Waals surface area contributed by atoms with Crippen LogP contribution in [0, 0.1) is 0 Å². The molecule has 0 bridgehead atoms. The van der Waals surface area contributed by atoms with Gasteiger partial charge in [0.1, 0.15) is 0 Å². The number of benzene rings is 2. The van der Waals surface area contributed by atoms with Gasteiger partial charge in [-0.05, 0) is 48.2 Å².